The number of ether oxygens (including phenoxy) is 3. The summed E-state index contributed by atoms with van der Waals surface area (Å²) in [7, 11) is 2.75. The molecule has 116 valence electrons. The molecule has 0 heterocycles. The van der Waals surface area contributed by atoms with Gasteiger partial charge in [-0.3, -0.25) is 9.59 Å². The Labute approximate surface area is 121 Å². The van der Waals surface area contributed by atoms with Gasteiger partial charge >= 0.3 is 11.9 Å². The Balaban J connectivity index is 2.59. The molecule has 1 aliphatic carbocycles. The van der Waals surface area contributed by atoms with Gasteiger partial charge in [0.15, 0.2) is 0 Å². The third-order valence-corrected chi connectivity index (χ3v) is 3.78. The summed E-state index contributed by atoms with van der Waals surface area (Å²) in [5.74, 6) is -0.512. The van der Waals surface area contributed by atoms with Gasteiger partial charge < -0.3 is 14.2 Å². The number of hydrogen-bond donors (Lipinski definition) is 0. The van der Waals surface area contributed by atoms with Crippen LogP contribution >= 0.6 is 0 Å². The highest BCUT2D eigenvalue weighted by Crippen LogP contribution is 2.32. The van der Waals surface area contributed by atoms with Gasteiger partial charge in [0.05, 0.1) is 32.2 Å². The van der Waals surface area contributed by atoms with E-state index in [1.165, 1.54) is 14.2 Å². The van der Waals surface area contributed by atoms with Crippen molar-refractivity contribution in [3.8, 4) is 0 Å². The van der Waals surface area contributed by atoms with Gasteiger partial charge in [-0.25, -0.2) is 0 Å². The molecule has 1 rings (SSSR count). The van der Waals surface area contributed by atoms with Crippen LogP contribution in [0.4, 0.5) is 0 Å². The lowest BCUT2D eigenvalue weighted by Crippen LogP contribution is -2.36. The average molecular weight is 286 g/mol. The molecule has 2 atom stereocenters. The van der Waals surface area contributed by atoms with Crippen molar-refractivity contribution >= 4 is 11.9 Å². The van der Waals surface area contributed by atoms with E-state index in [0.29, 0.717) is 31.8 Å². The smallest absolute Gasteiger partial charge is 0.308 e. The lowest BCUT2D eigenvalue weighted by Gasteiger charge is -2.32. The van der Waals surface area contributed by atoms with Gasteiger partial charge in [-0.15, -0.1) is 0 Å². The van der Waals surface area contributed by atoms with Crippen molar-refractivity contribution in [2.75, 3.05) is 20.8 Å². The first-order chi connectivity index (χ1) is 9.47. The Hall–Kier alpha value is -1.10. The largest absolute Gasteiger partial charge is 0.469 e. The van der Waals surface area contributed by atoms with Gasteiger partial charge in [-0.05, 0) is 31.6 Å². The first-order valence-electron chi connectivity index (χ1n) is 7.25. The molecule has 0 aromatic carbocycles. The summed E-state index contributed by atoms with van der Waals surface area (Å²) in [6.07, 6.45) is 2.64. The molecule has 0 bridgehead atoms. The molecule has 0 aromatic rings. The number of esters is 2. The molecule has 0 N–H and O–H groups in total. The molecular formula is C15H26O5. The Bertz CT molecular complexity index is 302. The molecule has 20 heavy (non-hydrogen) atoms. The number of hydrogen-bond acceptors (Lipinski definition) is 5. The van der Waals surface area contributed by atoms with E-state index in [4.69, 9.17) is 14.2 Å². The minimum atomic E-state index is -0.276. The van der Waals surface area contributed by atoms with Crippen LogP contribution in [0.5, 0.6) is 0 Å². The van der Waals surface area contributed by atoms with Gasteiger partial charge in [0.25, 0.3) is 0 Å². The normalized spacial score (nSPS) is 26.4. The van der Waals surface area contributed by atoms with E-state index in [1.54, 1.807) is 0 Å². The lowest BCUT2D eigenvalue weighted by molar-refractivity contribution is -0.156. The average Bonchev–Trinajstić information content (AvgIpc) is 2.44. The molecule has 1 saturated carbocycles. The molecule has 5 nitrogen and oxygen atoms in total. The fourth-order valence-electron chi connectivity index (χ4n) is 2.59. The van der Waals surface area contributed by atoms with Crippen molar-refractivity contribution in [3.63, 3.8) is 0 Å². The molecule has 0 aromatic heterocycles. The van der Waals surface area contributed by atoms with Crippen molar-refractivity contribution in [3.05, 3.63) is 0 Å². The number of methoxy groups -OCH3 is 2. The van der Waals surface area contributed by atoms with Gasteiger partial charge in [-0.1, -0.05) is 13.8 Å². The van der Waals surface area contributed by atoms with Gasteiger partial charge in [-0.2, -0.15) is 0 Å². The third kappa shape index (κ3) is 5.12. The van der Waals surface area contributed by atoms with Crippen LogP contribution < -0.4 is 0 Å². The molecular weight excluding hydrogens is 260 g/mol. The van der Waals surface area contributed by atoms with E-state index in [0.717, 1.165) is 6.42 Å². The summed E-state index contributed by atoms with van der Waals surface area (Å²) >= 11 is 0. The molecule has 1 fully saturated rings. The van der Waals surface area contributed by atoms with Crippen molar-refractivity contribution in [2.24, 2.45) is 17.8 Å². The third-order valence-electron chi connectivity index (χ3n) is 3.78. The van der Waals surface area contributed by atoms with Crippen LogP contribution in [0.1, 0.15) is 39.5 Å². The molecule has 1 aliphatic rings. The highest BCUT2D eigenvalue weighted by molar-refractivity contribution is 5.76. The van der Waals surface area contributed by atoms with Crippen LogP contribution in [0.25, 0.3) is 0 Å². The zero-order valence-electron chi connectivity index (χ0n) is 12.9. The summed E-state index contributed by atoms with van der Waals surface area (Å²) < 4.78 is 15.4. The van der Waals surface area contributed by atoms with E-state index in [9.17, 15) is 9.59 Å². The second kappa shape index (κ2) is 8.25. The Morgan fingerprint density at radius 2 is 1.50 bits per heavy atom. The van der Waals surface area contributed by atoms with Gasteiger partial charge in [0.2, 0.25) is 0 Å². The van der Waals surface area contributed by atoms with E-state index in [1.807, 2.05) is 0 Å². The Morgan fingerprint density at radius 3 is 1.90 bits per heavy atom. The second-order valence-electron chi connectivity index (χ2n) is 5.82. The molecule has 0 saturated heterocycles. The van der Waals surface area contributed by atoms with E-state index < -0.39 is 0 Å². The lowest BCUT2D eigenvalue weighted by atomic mass is 9.79. The van der Waals surface area contributed by atoms with Crippen molar-refractivity contribution < 1.29 is 23.8 Å². The first kappa shape index (κ1) is 17.0. The van der Waals surface area contributed by atoms with Crippen molar-refractivity contribution in [2.45, 2.75) is 45.6 Å². The summed E-state index contributed by atoms with van der Waals surface area (Å²) in [5.41, 5.74) is 0. The van der Waals surface area contributed by atoms with Gasteiger partial charge in [0.1, 0.15) is 0 Å². The topological polar surface area (TPSA) is 61.8 Å². The highest BCUT2D eigenvalue weighted by atomic mass is 16.5. The summed E-state index contributed by atoms with van der Waals surface area (Å²) in [4.78, 5) is 23.4. The SMILES string of the molecule is COC(=O)C1CC(OCCC(C)C)CC(C(=O)OC)C1. The summed E-state index contributed by atoms with van der Waals surface area (Å²) in [6.45, 7) is 4.93. The van der Waals surface area contributed by atoms with E-state index in [-0.39, 0.29) is 29.9 Å². The monoisotopic (exact) mass is 286 g/mol. The fourth-order valence-corrected chi connectivity index (χ4v) is 2.59. The standard InChI is InChI=1S/C15H26O5/c1-10(2)5-6-20-13-8-11(14(16)18-3)7-12(9-13)15(17)19-4/h10-13H,5-9H2,1-4H3. The van der Waals surface area contributed by atoms with Crippen LogP contribution in [0, 0.1) is 17.8 Å². The number of rotatable bonds is 6. The van der Waals surface area contributed by atoms with Crippen molar-refractivity contribution in [1.29, 1.82) is 0 Å². The molecule has 0 spiro atoms. The predicted molar refractivity (Wildman–Crippen MR) is 74.1 cm³/mol. The maximum atomic E-state index is 11.7. The van der Waals surface area contributed by atoms with E-state index in [2.05, 4.69) is 13.8 Å². The Kier molecular flexibility index (Phi) is 6.99. The van der Waals surface area contributed by atoms with Gasteiger partial charge in [0, 0.05) is 6.61 Å². The van der Waals surface area contributed by atoms with Crippen LogP contribution in [0.2, 0.25) is 0 Å². The van der Waals surface area contributed by atoms with Crippen molar-refractivity contribution in [1.82, 2.24) is 0 Å². The summed E-state index contributed by atoms with van der Waals surface area (Å²) in [5, 5.41) is 0. The Morgan fingerprint density at radius 1 is 1.00 bits per heavy atom. The highest BCUT2D eigenvalue weighted by Gasteiger charge is 2.37. The zero-order valence-corrected chi connectivity index (χ0v) is 12.9. The minimum absolute atomic E-state index is 0.0734. The fraction of sp³-hybridized carbons (Fsp3) is 0.867. The van der Waals surface area contributed by atoms with Crippen LogP contribution in [0.15, 0.2) is 0 Å². The molecule has 5 heteroatoms. The quantitative estimate of drug-likeness (QED) is 0.700. The number of carbonyl (C=O) groups excluding carboxylic acids is 2. The minimum Gasteiger partial charge on any atom is -0.469 e. The zero-order chi connectivity index (χ0) is 15.1. The van der Waals surface area contributed by atoms with E-state index >= 15 is 0 Å². The first-order valence-corrected chi connectivity index (χ1v) is 7.25. The predicted octanol–water partition coefficient (Wildman–Crippen LogP) is 2.18. The second-order valence-corrected chi connectivity index (χ2v) is 5.82. The molecule has 0 aliphatic heterocycles. The van der Waals surface area contributed by atoms with Crippen LogP contribution in [-0.4, -0.2) is 38.9 Å². The van der Waals surface area contributed by atoms with Crippen LogP contribution in [0.3, 0.4) is 0 Å². The molecule has 2 unspecified atom stereocenters. The van der Waals surface area contributed by atoms with Crippen LogP contribution in [-0.2, 0) is 23.8 Å². The maximum Gasteiger partial charge on any atom is 0.308 e. The summed E-state index contributed by atoms with van der Waals surface area (Å²) in [6, 6.07) is 0. The number of carbonyl (C=O) groups is 2. The molecule has 0 amide bonds. The molecule has 0 radical (unpaired) electrons. The maximum absolute atomic E-state index is 11.7.